The van der Waals surface area contributed by atoms with E-state index in [1.165, 1.54) is 12.8 Å². The second-order valence-corrected chi connectivity index (χ2v) is 5.24. The van der Waals surface area contributed by atoms with Crippen LogP contribution in [0.2, 0.25) is 0 Å². The van der Waals surface area contributed by atoms with Gasteiger partial charge in [-0.25, -0.2) is 0 Å². The van der Waals surface area contributed by atoms with Crippen LogP contribution in [-0.4, -0.2) is 44.3 Å². The molecule has 0 amide bonds. The normalized spacial score (nSPS) is 32.2. The molecule has 3 heteroatoms. The van der Waals surface area contributed by atoms with Crippen molar-refractivity contribution in [1.29, 1.82) is 0 Å². The molecular weight excluding hydrogens is 188 g/mol. The predicted molar refractivity (Wildman–Crippen MR) is 63.9 cm³/mol. The number of nitrogens with two attached hydrogens (primary N) is 1. The van der Waals surface area contributed by atoms with E-state index in [0.717, 1.165) is 31.9 Å². The number of hydrogen-bond acceptors (Lipinski definition) is 3. The molecule has 1 aliphatic rings. The molecule has 1 saturated carbocycles. The lowest BCUT2D eigenvalue weighted by Crippen LogP contribution is -2.45. The van der Waals surface area contributed by atoms with Crippen LogP contribution >= 0.6 is 0 Å². The van der Waals surface area contributed by atoms with Gasteiger partial charge in [-0.15, -0.1) is 0 Å². The molecule has 0 aromatic heterocycles. The van der Waals surface area contributed by atoms with Crippen molar-refractivity contribution < 1.29 is 4.74 Å². The summed E-state index contributed by atoms with van der Waals surface area (Å²) >= 11 is 0. The van der Waals surface area contributed by atoms with E-state index in [4.69, 9.17) is 10.5 Å². The quantitative estimate of drug-likeness (QED) is 0.753. The zero-order valence-corrected chi connectivity index (χ0v) is 10.5. The molecule has 0 aromatic carbocycles. The molecule has 2 unspecified atom stereocenters. The van der Waals surface area contributed by atoms with Gasteiger partial charge in [-0.2, -0.15) is 0 Å². The summed E-state index contributed by atoms with van der Waals surface area (Å²) in [5.74, 6) is 0.765. The van der Waals surface area contributed by atoms with Crippen LogP contribution in [0.3, 0.4) is 0 Å². The van der Waals surface area contributed by atoms with Gasteiger partial charge in [-0.1, -0.05) is 19.8 Å². The summed E-state index contributed by atoms with van der Waals surface area (Å²) in [4.78, 5) is 2.15. The van der Waals surface area contributed by atoms with Crippen molar-refractivity contribution in [3.05, 3.63) is 0 Å². The van der Waals surface area contributed by atoms with Crippen molar-refractivity contribution in [2.75, 3.05) is 33.8 Å². The topological polar surface area (TPSA) is 38.5 Å². The summed E-state index contributed by atoms with van der Waals surface area (Å²) in [6, 6.07) is 0. The molecule has 0 radical (unpaired) electrons. The highest BCUT2D eigenvalue weighted by molar-refractivity contribution is 4.88. The minimum atomic E-state index is -0.0202. The van der Waals surface area contributed by atoms with E-state index in [1.54, 1.807) is 0 Å². The van der Waals surface area contributed by atoms with Gasteiger partial charge in [0.15, 0.2) is 0 Å². The molecule has 2 N–H and O–H groups in total. The first-order valence-corrected chi connectivity index (χ1v) is 6.07. The van der Waals surface area contributed by atoms with Gasteiger partial charge in [-0.3, -0.25) is 0 Å². The summed E-state index contributed by atoms with van der Waals surface area (Å²) in [5.41, 5.74) is 5.86. The Kier molecular flexibility index (Phi) is 5.03. The lowest BCUT2D eigenvalue weighted by Gasteiger charge is -2.39. The van der Waals surface area contributed by atoms with E-state index < -0.39 is 0 Å². The van der Waals surface area contributed by atoms with Gasteiger partial charge in [0.25, 0.3) is 0 Å². The average molecular weight is 214 g/mol. The molecule has 0 aliphatic heterocycles. The second kappa shape index (κ2) is 5.83. The molecular formula is C12H26N2O. The first-order chi connectivity index (χ1) is 7.08. The van der Waals surface area contributed by atoms with Crippen LogP contribution in [0.1, 0.15) is 32.6 Å². The number of likely N-dealkylation sites (N-methyl/N-ethyl adjacent to an activating group) is 1. The highest BCUT2D eigenvalue weighted by atomic mass is 16.5. The lowest BCUT2D eigenvalue weighted by atomic mass is 9.79. The average Bonchev–Trinajstić information content (AvgIpc) is 2.17. The highest BCUT2D eigenvalue weighted by Crippen LogP contribution is 2.34. The molecule has 15 heavy (non-hydrogen) atoms. The van der Waals surface area contributed by atoms with Crippen LogP contribution in [0.5, 0.6) is 0 Å². The fourth-order valence-electron chi connectivity index (χ4n) is 2.43. The largest absolute Gasteiger partial charge is 0.372 e. The fourth-order valence-corrected chi connectivity index (χ4v) is 2.43. The van der Waals surface area contributed by atoms with Crippen molar-refractivity contribution in [3.63, 3.8) is 0 Å². The van der Waals surface area contributed by atoms with Gasteiger partial charge >= 0.3 is 0 Å². The molecule has 1 aliphatic carbocycles. The zero-order chi connectivity index (χ0) is 11.3. The van der Waals surface area contributed by atoms with Crippen molar-refractivity contribution in [3.8, 4) is 0 Å². The summed E-state index contributed by atoms with van der Waals surface area (Å²) < 4.78 is 6.03. The van der Waals surface area contributed by atoms with E-state index in [-0.39, 0.29) is 5.60 Å². The van der Waals surface area contributed by atoms with E-state index in [2.05, 4.69) is 25.9 Å². The minimum absolute atomic E-state index is 0.0202. The van der Waals surface area contributed by atoms with Gasteiger partial charge in [-0.05, 0) is 32.9 Å². The predicted octanol–water partition coefficient (Wildman–Crippen LogP) is 1.47. The third kappa shape index (κ3) is 4.09. The third-order valence-electron chi connectivity index (χ3n) is 3.37. The number of nitrogens with zero attached hydrogens (tertiary/aromatic N) is 1. The molecule has 0 heterocycles. The molecule has 0 saturated heterocycles. The van der Waals surface area contributed by atoms with E-state index >= 15 is 0 Å². The van der Waals surface area contributed by atoms with E-state index in [9.17, 15) is 0 Å². The Morgan fingerprint density at radius 2 is 2.20 bits per heavy atom. The zero-order valence-electron chi connectivity index (χ0n) is 10.5. The Labute approximate surface area is 94.0 Å². The van der Waals surface area contributed by atoms with E-state index in [0.29, 0.717) is 6.54 Å². The number of rotatable bonds is 5. The summed E-state index contributed by atoms with van der Waals surface area (Å²) in [7, 11) is 4.14. The standard InChI is InChI=1S/C12H26N2O/c1-11-5-4-6-12(9-11,10-13)15-8-7-14(2)3/h11H,4-10,13H2,1-3H3. The molecule has 0 spiro atoms. The Morgan fingerprint density at radius 1 is 1.47 bits per heavy atom. The third-order valence-corrected chi connectivity index (χ3v) is 3.37. The van der Waals surface area contributed by atoms with Gasteiger partial charge in [0.1, 0.15) is 0 Å². The molecule has 3 nitrogen and oxygen atoms in total. The maximum Gasteiger partial charge on any atom is 0.0807 e. The summed E-state index contributed by atoms with van der Waals surface area (Å²) in [6.45, 7) is 4.76. The molecule has 2 atom stereocenters. The van der Waals surface area contributed by atoms with Crippen molar-refractivity contribution in [2.45, 2.75) is 38.2 Å². The van der Waals surface area contributed by atoms with Gasteiger partial charge < -0.3 is 15.4 Å². The SMILES string of the molecule is CC1CCCC(CN)(OCCN(C)C)C1. The maximum absolute atomic E-state index is 6.03. The molecule has 90 valence electrons. The molecule has 0 aromatic rings. The molecule has 1 rings (SSSR count). The van der Waals surface area contributed by atoms with Crippen LogP contribution in [0.4, 0.5) is 0 Å². The fraction of sp³-hybridized carbons (Fsp3) is 1.00. The van der Waals surface area contributed by atoms with Crippen LogP contribution in [0, 0.1) is 5.92 Å². The Hall–Kier alpha value is -0.120. The Morgan fingerprint density at radius 3 is 2.73 bits per heavy atom. The van der Waals surface area contributed by atoms with Crippen LogP contribution in [0.25, 0.3) is 0 Å². The smallest absolute Gasteiger partial charge is 0.0807 e. The Balaban J connectivity index is 2.38. The lowest BCUT2D eigenvalue weighted by molar-refractivity contribution is -0.0772. The van der Waals surface area contributed by atoms with Crippen LogP contribution < -0.4 is 5.73 Å². The monoisotopic (exact) mass is 214 g/mol. The van der Waals surface area contributed by atoms with Crippen LogP contribution in [-0.2, 0) is 4.74 Å². The van der Waals surface area contributed by atoms with Gasteiger partial charge in [0.2, 0.25) is 0 Å². The van der Waals surface area contributed by atoms with Crippen molar-refractivity contribution in [1.82, 2.24) is 4.90 Å². The molecule has 0 bridgehead atoms. The van der Waals surface area contributed by atoms with Crippen molar-refractivity contribution >= 4 is 0 Å². The van der Waals surface area contributed by atoms with Gasteiger partial charge in [0, 0.05) is 13.1 Å². The minimum Gasteiger partial charge on any atom is -0.372 e. The Bertz CT molecular complexity index is 184. The first kappa shape index (κ1) is 12.9. The van der Waals surface area contributed by atoms with Gasteiger partial charge in [0.05, 0.1) is 12.2 Å². The highest BCUT2D eigenvalue weighted by Gasteiger charge is 2.34. The van der Waals surface area contributed by atoms with Crippen molar-refractivity contribution in [2.24, 2.45) is 11.7 Å². The van der Waals surface area contributed by atoms with E-state index in [1.807, 2.05) is 0 Å². The number of ether oxygens (including phenoxy) is 1. The van der Waals surface area contributed by atoms with Crippen LogP contribution in [0.15, 0.2) is 0 Å². The summed E-state index contributed by atoms with van der Waals surface area (Å²) in [5, 5.41) is 0. The molecule has 1 fully saturated rings. The summed E-state index contributed by atoms with van der Waals surface area (Å²) in [6.07, 6.45) is 4.87. The maximum atomic E-state index is 6.03. The second-order valence-electron chi connectivity index (χ2n) is 5.24. The number of hydrogen-bond donors (Lipinski definition) is 1. The first-order valence-electron chi connectivity index (χ1n) is 6.07.